The van der Waals surface area contributed by atoms with E-state index in [4.69, 9.17) is 9.47 Å². The Morgan fingerprint density at radius 2 is 2.25 bits per heavy atom. The number of nitrogens with zero attached hydrogens (tertiary/aromatic N) is 1. The number of para-hydroxylation sites is 2. The maximum absolute atomic E-state index is 11.9. The molecule has 20 heavy (non-hydrogen) atoms. The van der Waals surface area contributed by atoms with Crippen molar-refractivity contribution in [3.63, 3.8) is 0 Å². The predicted molar refractivity (Wildman–Crippen MR) is 75.5 cm³/mol. The molecule has 6 heteroatoms. The van der Waals surface area contributed by atoms with Gasteiger partial charge in [0.2, 0.25) is 0 Å². The number of benzene rings is 1. The highest BCUT2D eigenvalue weighted by Crippen LogP contribution is 2.30. The van der Waals surface area contributed by atoms with E-state index in [2.05, 4.69) is 9.69 Å². The number of nitrogens with one attached hydrogen (secondary N) is 1. The average molecular weight is 290 g/mol. The molecule has 0 bridgehead atoms. The third-order valence-electron chi connectivity index (χ3n) is 2.92. The molecule has 0 fully saturated rings. The van der Waals surface area contributed by atoms with Gasteiger partial charge in [0.1, 0.15) is 18.4 Å². The van der Waals surface area contributed by atoms with Gasteiger partial charge in [-0.05, 0) is 36.7 Å². The minimum atomic E-state index is -0.186. The van der Waals surface area contributed by atoms with Crippen LogP contribution in [0.25, 0.3) is 0 Å². The Morgan fingerprint density at radius 3 is 3.00 bits per heavy atom. The lowest BCUT2D eigenvalue weighted by molar-refractivity contribution is 0.0787. The molecule has 1 aliphatic rings. The summed E-state index contributed by atoms with van der Waals surface area (Å²) in [6.45, 7) is 2.74. The van der Waals surface area contributed by atoms with Crippen molar-refractivity contribution in [1.82, 2.24) is 9.69 Å². The number of aromatic nitrogens is 1. The first-order valence-corrected chi connectivity index (χ1v) is 7.10. The Labute approximate surface area is 120 Å². The topological polar surface area (TPSA) is 60.5 Å². The summed E-state index contributed by atoms with van der Waals surface area (Å²) in [6, 6.07) is 9.28. The molecule has 1 amide bonds. The smallest absolute Gasteiger partial charge is 0.271 e. The zero-order valence-corrected chi connectivity index (χ0v) is 11.8. The highest BCUT2D eigenvalue weighted by molar-refractivity contribution is 7.05. The number of hydrogen-bond acceptors (Lipinski definition) is 5. The van der Waals surface area contributed by atoms with Crippen molar-refractivity contribution >= 4 is 17.4 Å². The first kappa shape index (κ1) is 12.9. The van der Waals surface area contributed by atoms with Gasteiger partial charge in [0.15, 0.2) is 11.5 Å². The number of carbonyl (C=O) groups excluding carboxylic acids is 1. The van der Waals surface area contributed by atoms with Gasteiger partial charge in [-0.3, -0.25) is 4.79 Å². The third-order valence-corrected chi connectivity index (χ3v) is 3.61. The van der Waals surface area contributed by atoms with Crippen molar-refractivity contribution in [2.24, 2.45) is 0 Å². The molecular formula is C14H14N2O3S. The summed E-state index contributed by atoms with van der Waals surface area (Å²) < 4.78 is 15.4. The summed E-state index contributed by atoms with van der Waals surface area (Å²) in [4.78, 5) is 12.9. The Balaban J connectivity index is 1.56. The molecule has 1 aromatic heterocycles. The zero-order chi connectivity index (χ0) is 13.9. The van der Waals surface area contributed by atoms with Gasteiger partial charge < -0.3 is 14.8 Å². The van der Waals surface area contributed by atoms with Crippen LogP contribution in [-0.2, 0) is 0 Å². The van der Waals surface area contributed by atoms with Gasteiger partial charge in [-0.25, -0.2) is 0 Å². The van der Waals surface area contributed by atoms with Crippen LogP contribution in [-0.4, -0.2) is 29.5 Å². The van der Waals surface area contributed by atoms with Gasteiger partial charge in [0.05, 0.1) is 6.54 Å². The predicted octanol–water partition coefficient (Wildman–Crippen LogP) is 2.02. The second kappa shape index (κ2) is 5.50. The van der Waals surface area contributed by atoms with E-state index in [0.29, 0.717) is 24.6 Å². The van der Waals surface area contributed by atoms with Crippen LogP contribution >= 0.6 is 11.5 Å². The lowest BCUT2D eigenvalue weighted by Crippen LogP contribution is -2.40. The number of aryl methyl sites for hydroxylation is 1. The Kier molecular flexibility index (Phi) is 3.56. The molecular weight excluding hydrogens is 276 g/mol. The van der Waals surface area contributed by atoms with Crippen molar-refractivity contribution in [2.75, 3.05) is 13.2 Å². The monoisotopic (exact) mass is 290 g/mol. The van der Waals surface area contributed by atoms with Gasteiger partial charge in [-0.15, -0.1) is 0 Å². The van der Waals surface area contributed by atoms with Gasteiger partial charge >= 0.3 is 0 Å². The van der Waals surface area contributed by atoms with Gasteiger partial charge in [-0.1, -0.05) is 12.1 Å². The fourth-order valence-electron chi connectivity index (χ4n) is 1.93. The number of hydrogen-bond donors (Lipinski definition) is 1. The van der Waals surface area contributed by atoms with Crippen LogP contribution in [0.2, 0.25) is 0 Å². The van der Waals surface area contributed by atoms with Crippen LogP contribution in [0.1, 0.15) is 15.4 Å². The molecule has 0 aliphatic carbocycles. The van der Waals surface area contributed by atoms with E-state index in [1.165, 1.54) is 11.5 Å². The first-order valence-electron chi connectivity index (χ1n) is 6.32. The fraction of sp³-hybridized carbons (Fsp3) is 0.286. The van der Waals surface area contributed by atoms with Crippen LogP contribution in [0.15, 0.2) is 30.3 Å². The number of amides is 1. The molecule has 2 aromatic rings. The third kappa shape index (κ3) is 2.75. The molecule has 3 rings (SSSR count). The Hall–Kier alpha value is -2.08. The zero-order valence-electron chi connectivity index (χ0n) is 11.0. The molecule has 2 heterocycles. The quantitative estimate of drug-likeness (QED) is 0.939. The average Bonchev–Trinajstić information content (AvgIpc) is 2.91. The summed E-state index contributed by atoms with van der Waals surface area (Å²) >= 11 is 1.32. The van der Waals surface area contributed by atoms with E-state index < -0.39 is 0 Å². The molecule has 0 radical (unpaired) electrons. The summed E-state index contributed by atoms with van der Waals surface area (Å²) in [5.41, 5.74) is 0.449. The second-order valence-corrected chi connectivity index (χ2v) is 5.54. The van der Waals surface area contributed by atoms with E-state index in [0.717, 1.165) is 10.6 Å². The van der Waals surface area contributed by atoms with Crippen LogP contribution in [0.4, 0.5) is 0 Å². The summed E-state index contributed by atoms with van der Waals surface area (Å²) in [7, 11) is 0. The number of rotatable bonds is 3. The van der Waals surface area contributed by atoms with E-state index in [1.807, 2.05) is 31.2 Å². The standard InChI is InChI=1S/C14H14N2O3S/c1-9-6-11(16-20-9)14(17)15-7-10-8-18-12-4-2-3-5-13(12)19-10/h2-6,10H,7-8H2,1H3,(H,15,17). The van der Waals surface area contributed by atoms with Crippen LogP contribution in [0.5, 0.6) is 11.5 Å². The van der Waals surface area contributed by atoms with Crippen molar-refractivity contribution in [3.8, 4) is 11.5 Å². The molecule has 0 saturated heterocycles. The maximum Gasteiger partial charge on any atom is 0.271 e. The SMILES string of the molecule is Cc1cc(C(=O)NCC2COc3ccccc3O2)ns1. The van der Waals surface area contributed by atoms with E-state index in [1.54, 1.807) is 6.07 Å². The van der Waals surface area contributed by atoms with Gasteiger partial charge in [-0.2, -0.15) is 4.37 Å². The van der Waals surface area contributed by atoms with E-state index in [9.17, 15) is 4.79 Å². The van der Waals surface area contributed by atoms with Crippen molar-refractivity contribution < 1.29 is 14.3 Å². The number of ether oxygens (including phenoxy) is 2. The van der Waals surface area contributed by atoms with E-state index in [-0.39, 0.29) is 12.0 Å². The van der Waals surface area contributed by atoms with Crippen LogP contribution in [0.3, 0.4) is 0 Å². The largest absolute Gasteiger partial charge is 0.486 e. The maximum atomic E-state index is 11.9. The van der Waals surface area contributed by atoms with Crippen LogP contribution < -0.4 is 14.8 Å². The number of carbonyl (C=O) groups is 1. The second-order valence-electron chi connectivity index (χ2n) is 4.53. The molecule has 1 aliphatic heterocycles. The van der Waals surface area contributed by atoms with Gasteiger partial charge in [0.25, 0.3) is 5.91 Å². The summed E-state index contributed by atoms with van der Waals surface area (Å²) in [5, 5.41) is 2.81. The normalized spacial score (nSPS) is 16.8. The van der Waals surface area contributed by atoms with Crippen molar-refractivity contribution in [3.05, 3.63) is 40.9 Å². The number of fused-ring (bicyclic) bond motifs is 1. The molecule has 1 aromatic carbocycles. The minimum absolute atomic E-state index is 0.184. The van der Waals surface area contributed by atoms with Gasteiger partial charge in [0, 0.05) is 4.88 Å². The van der Waals surface area contributed by atoms with Crippen molar-refractivity contribution in [1.29, 1.82) is 0 Å². The Bertz CT molecular complexity index is 626. The fourth-order valence-corrected chi connectivity index (χ4v) is 2.48. The minimum Gasteiger partial charge on any atom is -0.486 e. The highest BCUT2D eigenvalue weighted by atomic mass is 32.1. The molecule has 104 valence electrons. The molecule has 5 nitrogen and oxygen atoms in total. The highest BCUT2D eigenvalue weighted by Gasteiger charge is 2.21. The molecule has 1 unspecified atom stereocenters. The molecule has 0 spiro atoms. The molecule has 1 N–H and O–H groups in total. The van der Waals surface area contributed by atoms with E-state index >= 15 is 0 Å². The summed E-state index contributed by atoms with van der Waals surface area (Å²) in [5.74, 6) is 1.27. The molecule has 0 saturated carbocycles. The van der Waals surface area contributed by atoms with Crippen LogP contribution in [0, 0.1) is 6.92 Å². The Morgan fingerprint density at radius 1 is 1.45 bits per heavy atom. The summed E-state index contributed by atoms with van der Waals surface area (Å²) in [6.07, 6.45) is -0.186. The lowest BCUT2D eigenvalue weighted by Gasteiger charge is -2.26. The van der Waals surface area contributed by atoms with Crippen molar-refractivity contribution in [2.45, 2.75) is 13.0 Å². The molecule has 1 atom stereocenters. The first-order chi connectivity index (χ1) is 9.72. The lowest BCUT2D eigenvalue weighted by atomic mass is 10.2.